The molecule has 1 N–H and O–H groups in total. The largest absolute Gasteiger partial charge is 0.478 e. The number of hydrogen-bond donors (Lipinski definition) is 1. The van der Waals surface area contributed by atoms with Crippen LogP contribution in [-0.4, -0.2) is 16.0 Å². The lowest BCUT2D eigenvalue weighted by Crippen LogP contribution is -2.06. The number of aryl methyl sites for hydroxylation is 1. The van der Waals surface area contributed by atoms with Crippen LogP contribution in [0.25, 0.3) is 0 Å². The van der Waals surface area contributed by atoms with Crippen LogP contribution in [0.3, 0.4) is 0 Å². The normalized spacial score (nSPS) is 10.3. The van der Waals surface area contributed by atoms with Crippen molar-refractivity contribution in [2.45, 2.75) is 19.3 Å². The van der Waals surface area contributed by atoms with Crippen LogP contribution >= 0.6 is 0 Å². The smallest absolute Gasteiger partial charge is 0.336 e. The van der Waals surface area contributed by atoms with Crippen molar-refractivity contribution in [1.29, 1.82) is 0 Å². The van der Waals surface area contributed by atoms with Crippen molar-refractivity contribution in [2.75, 3.05) is 0 Å². The first-order valence-corrected chi connectivity index (χ1v) is 6.63. The lowest BCUT2D eigenvalue weighted by Gasteiger charge is -2.07. The van der Waals surface area contributed by atoms with Crippen molar-refractivity contribution in [1.82, 2.24) is 0 Å². The molecule has 108 valence electrons. The molecule has 0 aliphatic carbocycles. The van der Waals surface area contributed by atoms with E-state index in [1.165, 1.54) is 18.2 Å². The Morgan fingerprint density at radius 1 is 1.05 bits per heavy atom. The molecule has 0 atom stereocenters. The van der Waals surface area contributed by atoms with E-state index < -0.39 is 10.9 Å². The number of carbonyl (C=O) groups is 1. The SMILES string of the molecule is O=C(O)c1cccc([N+](=O)[O-])c1CCCc1ccccc1. The van der Waals surface area contributed by atoms with Gasteiger partial charge in [0.2, 0.25) is 0 Å². The maximum absolute atomic E-state index is 11.2. The second-order valence-electron chi connectivity index (χ2n) is 4.70. The number of carboxylic acids is 1. The zero-order valence-electron chi connectivity index (χ0n) is 11.4. The van der Waals surface area contributed by atoms with Gasteiger partial charge in [-0.25, -0.2) is 4.79 Å². The van der Waals surface area contributed by atoms with E-state index in [-0.39, 0.29) is 11.3 Å². The van der Waals surface area contributed by atoms with Crippen molar-refractivity contribution >= 4 is 11.7 Å². The van der Waals surface area contributed by atoms with E-state index in [1.54, 1.807) is 0 Å². The molecule has 2 rings (SSSR count). The Balaban J connectivity index is 2.18. The fourth-order valence-electron chi connectivity index (χ4n) is 2.32. The quantitative estimate of drug-likeness (QED) is 0.651. The number of carboxylic acid groups (broad SMARTS) is 1. The van der Waals surface area contributed by atoms with Gasteiger partial charge in [-0.05, 0) is 30.9 Å². The molecule has 0 fully saturated rings. The van der Waals surface area contributed by atoms with Crippen LogP contribution in [0.15, 0.2) is 48.5 Å². The van der Waals surface area contributed by atoms with Gasteiger partial charge in [0.05, 0.1) is 10.5 Å². The maximum Gasteiger partial charge on any atom is 0.336 e. The Labute approximate surface area is 122 Å². The van der Waals surface area contributed by atoms with Gasteiger partial charge < -0.3 is 5.11 Å². The van der Waals surface area contributed by atoms with Crippen LogP contribution in [0, 0.1) is 10.1 Å². The Morgan fingerprint density at radius 2 is 1.76 bits per heavy atom. The van der Waals surface area contributed by atoms with Crippen molar-refractivity contribution in [3.63, 3.8) is 0 Å². The van der Waals surface area contributed by atoms with Crippen molar-refractivity contribution in [2.24, 2.45) is 0 Å². The Morgan fingerprint density at radius 3 is 2.38 bits per heavy atom. The molecule has 0 saturated carbocycles. The molecule has 0 unspecified atom stereocenters. The molecule has 21 heavy (non-hydrogen) atoms. The minimum absolute atomic E-state index is 0.0114. The third-order valence-corrected chi connectivity index (χ3v) is 3.31. The molecule has 0 aromatic heterocycles. The third-order valence-electron chi connectivity index (χ3n) is 3.31. The highest BCUT2D eigenvalue weighted by molar-refractivity contribution is 5.90. The first-order valence-electron chi connectivity index (χ1n) is 6.63. The molecule has 5 nitrogen and oxygen atoms in total. The third kappa shape index (κ3) is 3.66. The van der Waals surface area contributed by atoms with Crippen LogP contribution in [0.5, 0.6) is 0 Å². The highest BCUT2D eigenvalue weighted by atomic mass is 16.6. The highest BCUT2D eigenvalue weighted by Gasteiger charge is 2.20. The molecule has 2 aromatic carbocycles. The summed E-state index contributed by atoms with van der Waals surface area (Å²) in [7, 11) is 0. The summed E-state index contributed by atoms with van der Waals surface area (Å²) in [6, 6.07) is 13.9. The minimum atomic E-state index is -1.13. The molecule has 0 aliphatic rings. The van der Waals surface area contributed by atoms with E-state index in [1.807, 2.05) is 30.3 Å². The monoisotopic (exact) mass is 285 g/mol. The molecule has 0 amide bonds. The number of nitro benzene ring substituents is 1. The summed E-state index contributed by atoms with van der Waals surface area (Å²) < 4.78 is 0. The topological polar surface area (TPSA) is 80.4 Å². The van der Waals surface area contributed by atoms with Gasteiger partial charge in [-0.2, -0.15) is 0 Å². The van der Waals surface area contributed by atoms with Crippen molar-refractivity contribution in [3.05, 3.63) is 75.3 Å². The standard InChI is InChI=1S/C16H15NO4/c18-16(19)14-10-5-11-15(17(20)21)13(14)9-4-8-12-6-2-1-3-7-12/h1-3,5-7,10-11H,4,8-9H2,(H,18,19). The fourth-order valence-corrected chi connectivity index (χ4v) is 2.32. The molecule has 0 aliphatic heterocycles. The Kier molecular flexibility index (Phi) is 4.66. The van der Waals surface area contributed by atoms with Crippen LogP contribution in [-0.2, 0) is 12.8 Å². The van der Waals surface area contributed by atoms with E-state index in [0.29, 0.717) is 18.4 Å². The fraction of sp³-hybridized carbons (Fsp3) is 0.188. The van der Waals surface area contributed by atoms with Gasteiger partial charge in [0.15, 0.2) is 0 Å². The molecule has 0 spiro atoms. The molecule has 5 heteroatoms. The van der Waals surface area contributed by atoms with E-state index in [2.05, 4.69) is 0 Å². The van der Waals surface area contributed by atoms with E-state index in [4.69, 9.17) is 5.11 Å². The van der Waals surface area contributed by atoms with Gasteiger partial charge in [0, 0.05) is 11.6 Å². The Hall–Kier alpha value is -2.69. The summed E-state index contributed by atoms with van der Waals surface area (Å²) in [4.78, 5) is 21.7. The van der Waals surface area contributed by atoms with Gasteiger partial charge in [-0.1, -0.05) is 36.4 Å². The second kappa shape index (κ2) is 6.65. The van der Waals surface area contributed by atoms with Crippen LogP contribution in [0.1, 0.15) is 27.9 Å². The molecule has 0 saturated heterocycles. The number of aromatic carboxylic acids is 1. The number of nitrogens with zero attached hydrogens (tertiary/aromatic N) is 1. The number of rotatable bonds is 6. The van der Waals surface area contributed by atoms with Gasteiger partial charge in [0.1, 0.15) is 0 Å². The van der Waals surface area contributed by atoms with Crippen LogP contribution in [0.2, 0.25) is 0 Å². The van der Waals surface area contributed by atoms with E-state index >= 15 is 0 Å². The van der Waals surface area contributed by atoms with Gasteiger partial charge in [0.25, 0.3) is 5.69 Å². The summed E-state index contributed by atoms with van der Waals surface area (Å²) in [6.45, 7) is 0. The molecular weight excluding hydrogens is 270 g/mol. The molecule has 0 radical (unpaired) electrons. The second-order valence-corrected chi connectivity index (χ2v) is 4.70. The predicted molar refractivity (Wildman–Crippen MR) is 78.5 cm³/mol. The molecule has 0 bridgehead atoms. The Bertz CT molecular complexity index is 620. The summed E-state index contributed by atoms with van der Waals surface area (Å²) in [5.74, 6) is -1.13. The van der Waals surface area contributed by atoms with E-state index in [0.717, 1.165) is 12.0 Å². The van der Waals surface area contributed by atoms with Crippen LogP contribution < -0.4 is 0 Å². The summed E-state index contributed by atoms with van der Waals surface area (Å²) >= 11 is 0. The maximum atomic E-state index is 11.2. The lowest BCUT2D eigenvalue weighted by molar-refractivity contribution is -0.385. The average molecular weight is 285 g/mol. The zero-order valence-corrected chi connectivity index (χ0v) is 11.4. The number of benzene rings is 2. The molecular formula is C16H15NO4. The number of hydrogen-bond acceptors (Lipinski definition) is 3. The molecule has 2 aromatic rings. The van der Waals surface area contributed by atoms with Crippen LogP contribution in [0.4, 0.5) is 5.69 Å². The first-order chi connectivity index (χ1) is 10.1. The van der Waals surface area contributed by atoms with Gasteiger partial charge in [-0.15, -0.1) is 0 Å². The minimum Gasteiger partial charge on any atom is -0.478 e. The average Bonchev–Trinajstić information content (AvgIpc) is 2.48. The lowest BCUT2D eigenvalue weighted by atomic mass is 9.98. The van der Waals surface area contributed by atoms with Crippen molar-refractivity contribution in [3.8, 4) is 0 Å². The summed E-state index contributed by atoms with van der Waals surface area (Å²) in [5.41, 5.74) is 1.32. The van der Waals surface area contributed by atoms with Crippen molar-refractivity contribution < 1.29 is 14.8 Å². The number of nitro groups is 1. The highest BCUT2D eigenvalue weighted by Crippen LogP contribution is 2.24. The van der Waals surface area contributed by atoms with E-state index in [9.17, 15) is 14.9 Å². The summed E-state index contributed by atoms with van der Waals surface area (Å²) in [6.07, 6.45) is 1.79. The first kappa shape index (κ1) is 14.7. The molecule has 0 heterocycles. The summed E-state index contributed by atoms with van der Waals surface area (Å²) in [5, 5.41) is 20.2. The predicted octanol–water partition coefficient (Wildman–Crippen LogP) is 3.47. The van der Waals surface area contributed by atoms with Gasteiger partial charge >= 0.3 is 5.97 Å². The van der Waals surface area contributed by atoms with Gasteiger partial charge in [-0.3, -0.25) is 10.1 Å². The zero-order chi connectivity index (χ0) is 15.2.